The van der Waals surface area contributed by atoms with Crippen molar-refractivity contribution in [2.45, 2.75) is 13.0 Å². The van der Waals surface area contributed by atoms with Gasteiger partial charge in [-0.2, -0.15) is 0 Å². The zero-order valence-electron chi connectivity index (χ0n) is 14.5. The number of nitrogens with one attached hydrogen (secondary N) is 1. The minimum Gasteiger partial charge on any atom is -0.496 e. The lowest BCUT2D eigenvalue weighted by Gasteiger charge is -2.07. The molecule has 0 aromatic heterocycles. The molecule has 0 aliphatic rings. The van der Waals surface area contributed by atoms with E-state index in [4.69, 9.17) is 14.6 Å². The van der Waals surface area contributed by atoms with Gasteiger partial charge in [0.2, 0.25) is 0 Å². The van der Waals surface area contributed by atoms with Gasteiger partial charge in [-0.3, -0.25) is 4.79 Å². The maximum atomic E-state index is 11.6. The van der Waals surface area contributed by atoms with E-state index in [1.54, 1.807) is 24.3 Å². The summed E-state index contributed by atoms with van der Waals surface area (Å²) in [7, 11) is 1.50. The van der Waals surface area contributed by atoms with Crippen molar-refractivity contribution in [2.24, 2.45) is 0 Å². The Kier molecular flexibility index (Phi) is 7.24. The van der Waals surface area contributed by atoms with Crippen molar-refractivity contribution in [3.63, 3.8) is 0 Å². The molecule has 0 saturated heterocycles. The van der Waals surface area contributed by atoms with Crippen LogP contribution in [0.25, 0.3) is 6.08 Å². The van der Waals surface area contributed by atoms with Crippen LogP contribution >= 0.6 is 0 Å². The average Bonchev–Trinajstić information content (AvgIpc) is 2.64. The van der Waals surface area contributed by atoms with Gasteiger partial charge in [0, 0.05) is 12.1 Å². The van der Waals surface area contributed by atoms with E-state index in [9.17, 15) is 9.59 Å². The van der Waals surface area contributed by atoms with Crippen molar-refractivity contribution in [3.8, 4) is 5.75 Å². The zero-order chi connectivity index (χ0) is 18.8. The Balaban J connectivity index is 1.82. The van der Waals surface area contributed by atoms with E-state index in [1.165, 1.54) is 7.11 Å². The maximum Gasteiger partial charge on any atom is 0.407 e. The van der Waals surface area contributed by atoms with E-state index < -0.39 is 12.1 Å². The second kappa shape index (κ2) is 9.88. The number of amides is 1. The zero-order valence-corrected chi connectivity index (χ0v) is 14.5. The summed E-state index contributed by atoms with van der Waals surface area (Å²) in [5.74, 6) is -0.389. The van der Waals surface area contributed by atoms with Crippen molar-refractivity contribution in [1.82, 2.24) is 5.32 Å². The number of carboxylic acids is 1. The van der Waals surface area contributed by atoms with Crippen LogP contribution in [0.5, 0.6) is 5.75 Å². The second-order valence-electron chi connectivity index (χ2n) is 5.49. The summed E-state index contributed by atoms with van der Waals surface area (Å²) in [4.78, 5) is 22.6. The lowest BCUT2D eigenvalue weighted by Crippen LogP contribution is -2.24. The molecule has 0 atom stereocenters. The number of hydrogen-bond donors (Lipinski definition) is 2. The van der Waals surface area contributed by atoms with Crippen LogP contribution in [0.4, 0.5) is 4.79 Å². The van der Waals surface area contributed by atoms with Gasteiger partial charge in [-0.15, -0.1) is 0 Å². The lowest BCUT2D eigenvalue weighted by molar-refractivity contribution is -0.136. The topological polar surface area (TPSA) is 84.9 Å². The summed E-state index contributed by atoms with van der Waals surface area (Å²) in [6.07, 6.45) is 2.94. The molecule has 2 aromatic carbocycles. The van der Waals surface area contributed by atoms with Crippen LogP contribution in [-0.2, 0) is 22.6 Å². The number of carboxylic acid groups (broad SMARTS) is 1. The fourth-order valence-corrected chi connectivity index (χ4v) is 2.31. The molecule has 0 saturated carbocycles. The molecule has 2 aromatic rings. The predicted octanol–water partition coefficient (Wildman–Crippen LogP) is 3.26. The van der Waals surface area contributed by atoms with Crippen LogP contribution in [-0.4, -0.2) is 30.8 Å². The minimum atomic E-state index is -0.924. The van der Waals surface area contributed by atoms with Gasteiger partial charge in [-0.1, -0.05) is 48.6 Å². The summed E-state index contributed by atoms with van der Waals surface area (Å²) in [6.45, 7) is 0.515. The van der Waals surface area contributed by atoms with Gasteiger partial charge < -0.3 is 19.9 Å². The molecular formula is C20H21NO5. The fraction of sp³-hybridized carbons (Fsp3) is 0.200. The van der Waals surface area contributed by atoms with Crippen LogP contribution < -0.4 is 10.1 Å². The molecule has 0 spiro atoms. The molecule has 0 aliphatic carbocycles. The molecular weight excluding hydrogens is 334 g/mol. The highest BCUT2D eigenvalue weighted by Crippen LogP contribution is 2.21. The largest absolute Gasteiger partial charge is 0.496 e. The van der Waals surface area contributed by atoms with Crippen LogP contribution in [0.15, 0.2) is 54.6 Å². The van der Waals surface area contributed by atoms with Gasteiger partial charge in [-0.25, -0.2) is 4.79 Å². The second-order valence-corrected chi connectivity index (χ2v) is 5.49. The molecule has 0 fully saturated rings. The molecule has 6 heteroatoms. The first-order chi connectivity index (χ1) is 12.6. The van der Waals surface area contributed by atoms with Gasteiger partial charge in [0.1, 0.15) is 12.4 Å². The highest BCUT2D eigenvalue weighted by atomic mass is 16.5. The molecule has 0 bridgehead atoms. The van der Waals surface area contributed by atoms with Gasteiger partial charge >= 0.3 is 12.1 Å². The third kappa shape index (κ3) is 6.32. The Bertz CT molecular complexity index is 771. The van der Waals surface area contributed by atoms with E-state index in [0.717, 1.165) is 11.1 Å². The maximum absolute atomic E-state index is 11.6. The normalized spacial score (nSPS) is 10.5. The van der Waals surface area contributed by atoms with E-state index in [-0.39, 0.29) is 13.0 Å². The number of rotatable bonds is 8. The summed E-state index contributed by atoms with van der Waals surface area (Å²) in [6, 6.07) is 14.7. The van der Waals surface area contributed by atoms with E-state index in [1.807, 2.05) is 36.4 Å². The molecule has 26 heavy (non-hydrogen) atoms. The summed E-state index contributed by atoms with van der Waals surface area (Å²) in [5.41, 5.74) is 2.33. The number of methoxy groups -OCH3 is 1. The van der Waals surface area contributed by atoms with Gasteiger partial charge in [-0.05, 0) is 23.3 Å². The number of carbonyl (C=O) groups is 2. The molecule has 0 heterocycles. The fourth-order valence-electron chi connectivity index (χ4n) is 2.31. The van der Waals surface area contributed by atoms with Crippen LogP contribution in [0, 0.1) is 0 Å². The van der Waals surface area contributed by atoms with Crippen molar-refractivity contribution >= 4 is 18.1 Å². The predicted molar refractivity (Wildman–Crippen MR) is 98.0 cm³/mol. The first kappa shape index (κ1) is 19.1. The Hall–Kier alpha value is -3.28. The third-order valence-corrected chi connectivity index (χ3v) is 3.53. The number of benzene rings is 2. The molecule has 2 N–H and O–H groups in total. The quantitative estimate of drug-likeness (QED) is 0.759. The number of alkyl carbamates (subject to hydrolysis) is 1. The van der Waals surface area contributed by atoms with Crippen molar-refractivity contribution < 1.29 is 24.2 Å². The van der Waals surface area contributed by atoms with Gasteiger partial charge in [0.15, 0.2) is 0 Å². The smallest absolute Gasteiger partial charge is 0.407 e. The first-order valence-corrected chi connectivity index (χ1v) is 8.08. The molecule has 136 valence electrons. The van der Waals surface area contributed by atoms with Crippen LogP contribution in [0.2, 0.25) is 0 Å². The highest BCUT2D eigenvalue weighted by Gasteiger charge is 2.07. The summed E-state index contributed by atoms with van der Waals surface area (Å²) in [5, 5.41) is 11.6. The van der Waals surface area contributed by atoms with E-state index in [2.05, 4.69) is 5.32 Å². The number of hydrogen-bond acceptors (Lipinski definition) is 4. The van der Waals surface area contributed by atoms with Crippen LogP contribution in [0.3, 0.4) is 0 Å². The van der Waals surface area contributed by atoms with Crippen molar-refractivity contribution in [3.05, 3.63) is 71.3 Å². The first-order valence-electron chi connectivity index (χ1n) is 8.08. The Morgan fingerprint density at radius 1 is 1.15 bits per heavy atom. The van der Waals surface area contributed by atoms with E-state index in [0.29, 0.717) is 17.9 Å². The molecule has 2 rings (SSSR count). The summed E-state index contributed by atoms with van der Waals surface area (Å²) >= 11 is 0. The minimum absolute atomic E-state index is 0.116. The Morgan fingerprint density at radius 3 is 2.62 bits per heavy atom. The SMILES string of the molecule is COc1ccc(C=CCNC(=O)OCc2ccccc2)cc1CC(=O)O. The lowest BCUT2D eigenvalue weighted by atomic mass is 10.1. The number of ether oxygens (including phenoxy) is 2. The molecule has 0 aliphatic heterocycles. The third-order valence-electron chi connectivity index (χ3n) is 3.53. The van der Waals surface area contributed by atoms with Crippen molar-refractivity contribution in [1.29, 1.82) is 0 Å². The van der Waals surface area contributed by atoms with Gasteiger partial charge in [0.25, 0.3) is 0 Å². The molecule has 6 nitrogen and oxygen atoms in total. The summed E-state index contributed by atoms with van der Waals surface area (Å²) < 4.78 is 10.3. The Morgan fingerprint density at radius 2 is 1.92 bits per heavy atom. The van der Waals surface area contributed by atoms with E-state index >= 15 is 0 Å². The average molecular weight is 355 g/mol. The number of aliphatic carboxylic acids is 1. The Labute approximate surface area is 152 Å². The molecule has 0 unspecified atom stereocenters. The van der Waals surface area contributed by atoms with Crippen LogP contribution in [0.1, 0.15) is 16.7 Å². The molecule has 1 amide bonds. The van der Waals surface area contributed by atoms with Gasteiger partial charge in [0.05, 0.1) is 13.5 Å². The standard InChI is InChI=1S/C20H21NO5/c1-25-18-10-9-15(12-17(18)13-19(22)23)8-5-11-21-20(24)26-14-16-6-3-2-4-7-16/h2-10,12H,11,13-14H2,1H3,(H,21,24)(H,22,23). The highest BCUT2D eigenvalue weighted by molar-refractivity contribution is 5.72. The number of carbonyl (C=O) groups excluding carboxylic acids is 1. The monoisotopic (exact) mass is 355 g/mol. The molecule has 0 radical (unpaired) electrons. The van der Waals surface area contributed by atoms with Crippen molar-refractivity contribution in [2.75, 3.05) is 13.7 Å².